The number of para-hydroxylation sites is 1. The van der Waals surface area contributed by atoms with Crippen LogP contribution in [0, 0.1) is 17.8 Å². The minimum Gasteiger partial charge on any atom is -0.473 e. The Hall–Kier alpha value is -4.40. The summed E-state index contributed by atoms with van der Waals surface area (Å²) in [6.07, 6.45) is 10.8. The first-order valence-electron chi connectivity index (χ1n) is 20.6. The lowest BCUT2D eigenvalue weighted by Gasteiger charge is -2.32. The number of alkyl carbamates (subject to hydrolysis) is 1. The molecular formula is C41H53N5O9S. The van der Waals surface area contributed by atoms with E-state index in [-0.39, 0.29) is 42.8 Å². The number of carbonyl (C=O) groups excluding carboxylic acids is 4. The third-order valence-electron chi connectivity index (χ3n) is 13.1. The number of nitrogens with one attached hydrogen (secondary N) is 4. The van der Waals surface area contributed by atoms with Gasteiger partial charge in [-0.05, 0) is 94.6 Å². The third kappa shape index (κ3) is 7.67. The van der Waals surface area contributed by atoms with Gasteiger partial charge in [-0.3, -0.25) is 23.9 Å². The van der Waals surface area contributed by atoms with E-state index in [0.29, 0.717) is 41.6 Å². The number of rotatable bonds is 7. The van der Waals surface area contributed by atoms with Crippen molar-refractivity contribution < 1.29 is 37.1 Å². The normalized spacial score (nSPS) is 31.5. The Kier molecular flexibility index (Phi) is 10.7. The smallest absolute Gasteiger partial charge is 0.408 e. The SMILES string of the molecule is C=C[C@@H]1C[C@]1(NC(=O)[C@@H]1C[C@@H]2CN1C(=O)[C@H](C1CCCC1)NC(=O)O[C@@H]1CCC[C@H]1CCCCCc1c([nH]c3ccccc3c1=O)O2)C(=O)NS(=O)(=O)C1CC1. The molecule has 4 aliphatic carbocycles. The third-order valence-corrected chi connectivity index (χ3v) is 14.9. The molecule has 6 aliphatic rings. The van der Waals surface area contributed by atoms with E-state index in [9.17, 15) is 32.4 Å². The average Bonchev–Trinajstić information content (AvgIpc) is 3.96. The monoisotopic (exact) mass is 791 g/mol. The van der Waals surface area contributed by atoms with Crippen LogP contribution >= 0.6 is 0 Å². The highest BCUT2D eigenvalue weighted by molar-refractivity contribution is 7.91. The molecule has 2 bridgehead atoms. The molecule has 5 fully saturated rings. The predicted molar refractivity (Wildman–Crippen MR) is 207 cm³/mol. The summed E-state index contributed by atoms with van der Waals surface area (Å²) in [4.78, 5) is 75.2. The maximum absolute atomic E-state index is 14.8. The van der Waals surface area contributed by atoms with Gasteiger partial charge in [0.2, 0.25) is 21.8 Å². The highest BCUT2D eigenvalue weighted by atomic mass is 32.2. The van der Waals surface area contributed by atoms with Crippen molar-refractivity contribution in [2.24, 2.45) is 17.8 Å². The predicted octanol–water partition coefficient (Wildman–Crippen LogP) is 4.12. The summed E-state index contributed by atoms with van der Waals surface area (Å²) in [5.41, 5.74) is -0.570. The first kappa shape index (κ1) is 38.5. The number of aromatic nitrogens is 1. The Labute approximate surface area is 326 Å². The standard InChI is InChI=1S/C41H53N5O9S/c1-2-26-22-41(26,39(50)45-56(52,53)28-19-20-28)44-36(48)32-21-27-23-46(32)38(49)34(25-12-6-7-13-25)43-40(51)55-33-18-10-14-24(33)11-4-3-5-16-30-35(47)29-15-8-9-17-31(29)42-37(30)54-27/h2,8-9,15,17,24-28,32-34H,1,3-7,10-14,16,18-23H2,(H,42,47)(H,43,51)(H,44,48)(H,45,50)/t24-,26-,27-,32+,33-,34+,41-/m1/s1. The fourth-order valence-corrected chi connectivity index (χ4v) is 11.0. The number of benzene rings is 1. The minimum absolute atomic E-state index is 0.0221. The molecule has 2 aliphatic heterocycles. The molecule has 14 nitrogen and oxygen atoms in total. The Morgan fingerprint density at radius 1 is 0.911 bits per heavy atom. The van der Waals surface area contributed by atoms with Crippen molar-refractivity contribution in [1.29, 1.82) is 0 Å². The number of fused-ring (bicyclic) bond motifs is 5. The number of amides is 4. The number of sulfonamides is 1. The highest BCUT2D eigenvalue weighted by Gasteiger charge is 2.62. The van der Waals surface area contributed by atoms with Crippen LogP contribution in [0.1, 0.15) is 102 Å². The lowest BCUT2D eigenvalue weighted by molar-refractivity contribution is -0.142. The Morgan fingerprint density at radius 2 is 1.64 bits per heavy atom. The summed E-state index contributed by atoms with van der Waals surface area (Å²) in [6.45, 7) is 3.77. The van der Waals surface area contributed by atoms with Gasteiger partial charge in [0, 0.05) is 17.7 Å². The van der Waals surface area contributed by atoms with Crippen molar-refractivity contribution in [3.05, 3.63) is 52.7 Å². The Bertz CT molecular complexity index is 2060. The number of nitrogens with zero attached hydrogens (tertiary/aromatic N) is 1. The van der Waals surface area contributed by atoms with Crippen LogP contribution in [0.4, 0.5) is 4.79 Å². The zero-order valence-corrected chi connectivity index (χ0v) is 32.6. The number of carbonyl (C=O) groups is 4. The van der Waals surface area contributed by atoms with Crippen LogP contribution in [0.3, 0.4) is 0 Å². The molecule has 8 rings (SSSR count). The van der Waals surface area contributed by atoms with E-state index in [4.69, 9.17) is 9.47 Å². The maximum Gasteiger partial charge on any atom is 0.408 e. The number of aromatic amines is 1. The average molecular weight is 792 g/mol. The second-order valence-corrected chi connectivity index (χ2v) is 18.8. The van der Waals surface area contributed by atoms with Gasteiger partial charge in [-0.2, -0.15) is 0 Å². The maximum atomic E-state index is 14.8. The molecule has 3 heterocycles. The van der Waals surface area contributed by atoms with Crippen LogP contribution in [0.25, 0.3) is 10.9 Å². The van der Waals surface area contributed by atoms with Crippen molar-refractivity contribution in [3.8, 4) is 5.88 Å². The van der Waals surface area contributed by atoms with Gasteiger partial charge < -0.3 is 30.0 Å². The van der Waals surface area contributed by atoms with E-state index >= 15 is 0 Å². The minimum atomic E-state index is -3.91. The van der Waals surface area contributed by atoms with Crippen LogP contribution in [0.15, 0.2) is 41.7 Å². The van der Waals surface area contributed by atoms with Crippen molar-refractivity contribution in [2.45, 2.75) is 138 Å². The highest BCUT2D eigenvalue weighted by Crippen LogP contribution is 2.46. The first-order valence-corrected chi connectivity index (χ1v) is 22.1. The van der Waals surface area contributed by atoms with E-state index < -0.39 is 68.7 Å². The van der Waals surface area contributed by atoms with Crippen LogP contribution in [-0.4, -0.2) is 83.7 Å². The molecule has 7 atom stereocenters. The van der Waals surface area contributed by atoms with E-state index in [2.05, 4.69) is 26.9 Å². The zero-order chi connectivity index (χ0) is 39.2. The fourth-order valence-electron chi connectivity index (χ4n) is 9.66. The zero-order valence-electron chi connectivity index (χ0n) is 31.8. The van der Waals surface area contributed by atoms with Crippen LogP contribution in [0.5, 0.6) is 5.88 Å². The molecule has 15 heteroatoms. The van der Waals surface area contributed by atoms with Gasteiger partial charge in [-0.1, -0.05) is 43.9 Å². The largest absolute Gasteiger partial charge is 0.473 e. The van der Waals surface area contributed by atoms with Crippen LogP contribution in [0.2, 0.25) is 0 Å². The lowest BCUT2D eigenvalue weighted by atomic mass is 9.96. The molecule has 0 spiro atoms. The molecule has 0 radical (unpaired) electrons. The van der Waals surface area contributed by atoms with Gasteiger partial charge in [0.15, 0.2) is 11.3 Å². The summed E-state index contributed by atoms with van der Waals surface area (Å²) in [5.74, 6) is -2.12. The number of ether oxygens (including phenoxy) is 2. The van der Waals surface area contributed by atoms with E-state index in [1.54, 1.807) is 12.1 Å². The fraction of sp³-hybridized carbons (Fsp3) is 0.634. The van der Waals surface area contributed by atoms with E-state index in [0.717, 1.165) is 70.6 Å². The number of hydrogen-bond donors (Lipinski definition) is 4. The molecule has 4 saturated carbocycles. The molecular weight excluding hydrogens is 739 g/mol. The summed E-state index contributed by atoms with van der Waals surface area (Å²) >= 11 is 0. The summed E-state index contributed by atoms with van der Waals surface area (Å²) < 4.78 is 40.4. The molecule has 1 aromatic heterocycles. The van der Waals surface area contributed by atoms with Crippen LogP contribution < -0.4 is 25.5 Å². The number of hydrogen-bond acceptors (Lipinski definition) is 9. The van der Waals surface area contributed by atoms with Gasteiger partial charge >= 0.3 is 6.09 Å². The second-order valence-electron chi connectivity index (χ2n) is 16.9. The van der Waals surface area contributed by atoms with Gasteiger partial charge in [-0.15, -0.1) is 6.58 Å². The number of pyridine rings is 1. The quantitative estimate of drug-likeness (QED) is 0.299. The van der Waals surface area contributed by atoms with Gasteiger partial charge in [0.25, 0.3) is 5.91 Å². The van der Waals surface area contributed by atoms with Crippen molar-refractivity contribution in [1.82, 2.24) is 25.2 Å². The molecule has 1 aromatic carbocycles. The molecule has 2 aromatic rings. The van der Waals surface area contributed by atoms with E-state index in [1.165, 1.54) is 11.0 Å². The van der Waals surface area contributed by atoms with Crippen molar-refractivity contribution >= 4 is 44.7 Å². The summed E-state index contributed by atoms with van der Waals surface area (Å²) in [7, 11) is -3.91. The van der Waals surface area contributed by atoms with Gasteiger partial charge in [0.1, 0.15) is 29.8 Å². The van der Waals surface area contributed by atoms with Gasteiger partial charge in [0.05, 0.1) is 22.9 Å². The second kappa shape index (κ2) is 15.5. The van der Waals surface area contributed by atoms with Crippen molar-refractivity contribution in [2.75, 3.05) is 6.54 Å². The molecule has 4 amide bonds. The lowest BCUT2D eigenvalue weighted by Crippen LogP contribution is -2.59. The molecule has 4 N–H and O–H groups in total. The molecule has 302 valence electrons. The van der Waals surface area contributed by atoms with Gasteiger partial charge in [-0.25, -0.2) is 13.2 Å². The van der Waals surface area contributed by atoms with Crippen molar-refractivity contribution in [3.63, 3.8) is 0 Å². The molecule has 56 heavy (non-hydrogen) atoms. The summed E-state index contributed by atoms with van der Waals surface area (Å²) in [5, 5.41) is 5.68. The first-order chi connectivity index (χ1) is 27.0. The molecule has 0 unspecified atom stereocenters. The Balaban J connectivity index is 1.13. The molecule has 1 saturated heterocycles. The van der Waals surface area contributed by atoms with E-state index in [1.807, 2.05) is 12.1 Å². The van der Waals surface area contributed by atoms with Crippen LogP contribution in [-0.2, 0) is 35.6 Å². The number of H-pyrrole nitrogens is 1. The topological polar surface area (TPSA) is 193 Å². The summed E-state index contributed by atoms with van der Waals surface area (Å²) in [6, 6.07) is 5.14. The Morgan fingerprint density at radius 3 is 2.39 bits per heavy atom.